The molecule has 0 spiro atoms. The molecule has 0 fully saturated rings. The van der Waals surface area contributed by atoms with E-state index in [1.54, 1.807) is 0 Å². The summed E-state index contributed by atoms with van der Waals surface area (Å²) in [6, 6.07) is 2.67. The minimum absolute atomic E-state index is 0.0393. The lowest BCUT2D eigenvalue weighted by atomic mass is 10.1. The largest absolute Gasteiger partial charge is 0.492 e. The van der Waals surface area contributed by atoms with Gasteiger partial charge in [0.15, 0.2) is 17.4 Å². The number of benzene rings is 1. The van der Waals surface area contributed by atoms with Gasteiger partial charge in [0.1, 0.15) is 5.69 Å². The average molecular weight is 305 g/mol. The first-order chi connectivity index (χ1) is 8.97. The minimum atomic E-state index is -0.893. The summed E-state index contributed by atoms with van der Waals surface area (Å²) in [6.45, 7) is 0. The van der Waals surface area contributed by atoms with E-state index in [0.29, 0.717) is 0 Å². The van der Waals surface area contributed by atoms with Gasteiger partial charge >= 0.3 is 0 Å². The van der Waals surface area contributed by atoms with Crippen LogP contribution in [0.4, 0.5) is 14.5 Å². The number of rotatable bonds is 2. The first kappa shape index (κ1) is 13.8. The second-order valence-electron chi connectivity index (χ2n) is 3.62. The minimum Gasteiger partial charge on any atom is -0.492 e. The summed E-state index contributed by atoms with van der Waals surface area (Å²) in [5.74, 6) is -1.90. The number of ether oxygens (including phenoxy) is 1. The molecule has 0 unspecified atom stereocenters. The van der Waals surface area contributed by atoms with Gasteiger partial charge in [-0.25, -0.2) is 8.78 Å². The lowest BCUT2D eigenvalue weighted by Crippen LogP contribution is -2.00. The van der Waals surface area contributed by atoms with Gasteiger partial charge in [0, 0.05) is 11.8 Å². The normalized spacial score (nSPS) is 10.6. The Morgan fingerprint density at radius 1 is 1.16 bits per heavy atom. The standard InChI is InChI=1S/C12H8Cl2F2N2O/c1-19-12-6(13)3-2-5(8(12)15)11-9(16)10(17)7(14)4-18-11/h2-4H,1H3,(H2,17,18). The third-order valence-corrected chi connectivity index (χ3v) is 3.12. The maximum absolute atomic E-state index is 14.1. The number of pyridine rings is 1. The molecule has 0 atom stereocenters. The number of aromatic nitrogens is 1. The van der Waals surface area contributed by atoms with E-state index in [1.807, 2.05) is 0 Å². The maximum Gasteiger partial charge on any atom is 0.176 e. The van der Waals surface area contributed by atoms with Crippen molar-refractivity contribution in [1.29, 1.82) is 0 Å². The number of nitrogens with zero attached hydrogens (tertiary/aromatic N) is 1. The second-order valence-corrected chi connectivity index (χ2v) is 4.44. The van der Waals surface area contributed by atoms with Crippen molar-refractivity contribution >= 4 is 28.9 Å². The van der Waals surface area contributed by atoms with Crippen LogP contribution in [0.1, 0.15) is 0 Å². The van der Waals surface area contributed by atoms with Crippen LogP contribution in [0.25, 0.3) is 11.3 Å². The van der Waals surface area contributed by atoms with Gasteiger partial charge in [-0.2, -0.15) is 0 Å². The zero-order valence-electron chi connectivity index (χ0n) is 9.68. The molecule has 0 aliphatic carbocycles. The number of nitrogens with two attached hydrogens (primary N) is 1. The maximum atomic E-state index is 14.1. The van der Waals surface area contributed by atoms with Gasteiger partial charge in [-0.1, -0.05) is 23.2 Å². The van der Waals surface area contributed by atoms with E-state index in [4.69, 9.17) is 33.7 Å². The molecule has 0 amide bonds. The Balaban J connectivity index is 2.70. The molecule has 1 aromatic heterocycles. The quantitative estimate of drug-likeness (QED) is 0.914. The molecule has 0 aliphatic rings. The molecule has 2 aromatic rings. The highest BCUT2D eigenvalue weighted by atomic mass is 35.5. The van der Waals surface area contributed by atoms with Gasteiger partial charge in [0.2, 0.25) is 0 Å². The molecule has 1 heterocycles. The third-order valence-electron chi connectivity index (χ3n) is 2.52. The number of hydrogen-bond donors (Lipinski definition) is 1. The lowest BCUT2D eigenvalue weighted by Gasteiger charge is -2.10. The van der Waals surface area contributed by atoms with Crippen molar-refractivity contribution in [2.75, 3.05) is 12.8 Å². The van der Waals surface area contributed by atoms with E-state index in [0.717, 1.165) is 6.20 Å². The number of halogens is 4. The van der Waals surface area contributed by atoms with E-state index in [9.17, 15) is 8.78 Å². The van der Waals surface area contributed by atoms with Crippen LogP contribution in [0.3, 0.4) is 0 Å². The Morgan fingerprint density at radius 2 is 1.84 bits per heavy atom. The van der Waals surface area contributed by atoms with Crippen molar-refractivity contribution in [1.82, 2.24) is 4.98 Å². The fourth-order valence-electron chi connectivity index (χ4n) is 1.57. The van der Waals surface area contributed by atoms with E-state index < -0.39 is 11.6 Å². The molecule has 0 aliphatic heterocycles. The van der Waals surface area contributed by atoms with Gasteiger partial charge in [-0.3, -0.25) is 4.98 Å². The summed E-state index contributed by atoms with van der Waals surface area (Å²) in [5.41, 5.74) is 4.79. The Kier molecular flexibility index (Phi) is 3.78. The third kappa shape index (κ3) is 2.31. The van der Waals surface area contributed by atoms with Gasteiger partial charge in [-0.15, -0.1) is 0 Å². The van der Waals surface area contributed by atoms with Crippen LogP contribution in [0.15, 0.2) is 18.3 Å². The highest BCUT2D eigenvalue weighted by Gasteiger charge is 2.20. The van der Waals surface area contributed by atoms with Crippen LogP contribution in [0.2, 0.25) is 10.0 Å². The first-order valence-electron chi connectivity index (χ1n) is 5.09. The molecular formula is C12H8Cl2F2N2O. The van der Waals surface area contributed by atoms with Gasteiger partial charge < -0.3 is 10.5 Å². The lowest BCUT2D eigenvalue weighted by molar-refractivity contribution is 0.387. The molecule has 0 saturated carbocycles. The number of nitrogen functional groups attached to an aromatic ring is 1. The van der Waals surface area contributed by atoms with Gasteiger partial charge in [0.05, 0.1) is 22.8 Å². The van der Waals surface area contributed by atoms with Crippen molar-refractivity contribution < 1.29 is 13.5 Å². The monoisotopic (exact) mass is 304 g/mol. The van der Waals surface area contributed by atoms with Crippen LogP contribution in [0.5, 0.6) is 5.75 Å². The zero-order chi connectivity index (χ0) is 14.2. The highest BCUT2D eigenvalue weighted by molar-refractivity contribution is 6.33. The topological polar surface area (TPSA) is 48.1 Å². The molecule has 1 aromatic carbocycles. The summed E-state index contributed by atoms with van der Waals surface area (Å²) >= 11 is 11.4. The highest BCUT2D eigenvalue weighted by Crippen LogP contribution is 2.36. The molecule has 0 bridgehead atoms. The molecular weight excluding hydrogens is 297 g/mol. The molecule has 0 radical (unpaired) electrons. The molecule has 2 N–H and O–H groups in total. The van der Waals surface area contributed by atoms with Crippen molar-refractivity contribution in [3.05, 3.63) is 40.0 Å². The summed E-state index contributed by atoms with van der Waals surface area (Å²) in [5, 5.41) is 0.0358. The molecule has 2 rings (SSSR count). The summed E-state index contributed by atoms with van der Waals surface area (Å²) < 4.78 is 32.9. The molecule has 100 valence electrons. The predicted molar refractivity (Wildman–Crippen MR) is 70.6 cm³/mol. The number of anilines is 1. The summed E-state index contributed by atoms with van der Waals surface area (Å²) in [4.78, 5) is 3.75. The SMILES string of the molecule is COc1c(Cl)ccc(-c2ncc(Cl)c(N)c2F)c1F. The van der Waals surface area contributed by atoms with E-state index >= 15 is 0 Å². The van der Waals surface area contributed by atoms with Crippen LogP contribution >= 0.6 is 23.2 Å². The van der Waals surface area contributed by atoms with Crippen molar-refractivity contribution in [2.45, 2.75) is 0 Å². The number of hydrogen-bond acceptors (Lipinski definition) is 3. The van der Waals surface area contributed by atoms with Crippen LogP contribution in [-0.4, -0.2) is 12.1 Å². The van der Waals surface area contributed by atoms with E-state index in [2.05, 4.69) is 4.98 Å². The molecule has 0 saturated heterocycles. The van der Waals surface area contributed by atoms with Crippen LogP contribution < -0.4 is 10.5 Å². The second kappa shape index (κ2) is 5.19. The van der Waals surface area contributed by atoms with Crippen molar-refractivity contribution in [3.63, 3.8) is 0 Å². The molecule has 7 heteroatoms. The van der Waals surface area contributed by atoms with Crippen molar-refractivity contribution in [2.24, 2.45) is 0 Å². The number of methoxy groups -OCH3 is 1. The van der Waals surface area contributed by atoms with E-state index in [-0.39, 0.29) is 32.7 Å². The van der Waals surface area contributed by atoms with Crippen LogP contribution in [-0.2, 0) is 0 Å². The van der Waals surface area contributed by atoms with Gasteiger partial charge in [0.25, 0.3) is 0 Å². The Labute approximate surface area is 117 Å². The Morgan fingerprint density at radius 3 is 2.47 bits per heavy atom. The first-order valence-corrected chi connectivity index (χ1v) is 5.84. The smallest absolute Gasteiger partial charge is 0.176 e. The Bertz CT molecular complexity index is 650. The Hall–Kier alpha value is -1.59. The zero-order valence-corrected chi connectivity index (χ0v) is 11.2. The summed E-state index contributed by atoms with van der Waals surface area (Å²) in [7, 11) is 1.26. The molecule has 19 heavy (non-hydrogen) atoms. The van der Waals surface area contributed by atoms with E-state index in [1.165, 1.54) is 19.2 Å². The fourth-order valence-corrected chi connectivity index (χ4v) is 1.92. The van der Waals surface area contributed by atoms with Gasteiger partial charge in [-0.05, 0) is 12.1 Å². The van der Waals surface area contributed by atoms with Crippen LogP contribution in [0, 0.1) is 11.6 Å². The van der Waals surface area contributed by atoms with Crippen molar-refractivity contribution in [3.8, 4) is 17.0 Å². The average Bonchev–Trinajstić information content (AvgIpc) is 2.38. The fraction of sp³-hybridized carbons (Fsp3) is 0.0833. The summed E-state index contributed by atoms with van der Waals surface area (Å²) in [6.07, 6.45) is 1.15. The predicted octanol–water partition coefficient (Wildman–Crippen LogP) is 3.92. The molecule has 3 nitrogen and oxygen atoms in total.